The molecule has 0 spiro atoms. The molecule has 0 aliphatic carbocycles. The molecule has 4 N–H and O–H groups in total. The molecule has 1 atom stereocenters. The summed E-state index contributed by atoms with van der Waals surface area (Å²) < 4.78 is 0. The molecule has 11 heteroatoms. The summed E-state index contributed by atoms with van der Waals surface area (Å²) in [6, 6.07) is 0. The van der Waals surface area contributed by atoms with Gasteiger partial charge in [0.15, 0.2) is 5.13 Å². The summed E-state index contributed by atoms with van der Waals surface area (Å²) in [5.74, 6) is -0.396. The molecule has 0 aromatic carbocycles. The fourth-order valence-electron chi connectivity index (χ4n) is 2.75. The molecule has 1 saturated heterocycles. The third-order valence-electron chi connectivity index (χ3n) is 4.37. The van der Waals surface area contributed by atoms with E-state index in [4.69, 9.17) is 5.73 Å². The monoisotopic (exact) mass is 467 g/mol. The van der Waals surface area contributed by atoms with Crippen LogP contribution in [0, 0.1) is 11.3 Å². The fraction of sp³-hybridized carbons (Fsp3) is 0.667. The second-order valence-corrected chi connectivity index (χ2v) is 8.64. The van der Waals surface area contributed by atoms with E-state index in [1.807, 2.05) is 20.8 Å². The topological polar surface area (TPSA) is 117 Å². The lowest BCUT2D eigenvalue weighted by Gasteiger charge is -2.32. The highest BCUT2D eigenvalue weighted by atomic mass is 35.5. The van der Waals surface area contributed by atoms with Crippen LogP contribution in [0.25, 0.3) is 0 Å². The quantitative estimate of drug-likeness (QED) is 0.589. The van der Waals surface area contributed by atoms with Gasteiger partial charge in [0, 0.05) is 37.0 Å². The molecular weight excluding hydrogens is 437 g/mol. The molecule has 1 aromatic rings. The molecule has 0 bridgehead atoms. The Hall–Kier alpha value is -1.42. The highest BCUT2D eigenvalue weighted by Crippen LogP contribution is 2.22. The first-order valence-electron chi connectivity index (χ1n) is 9.22. The van der Waals surface area contributed by atoms with Crippen LogP contribution in [-0.4, -0.2) is 53.8 Å². The number of anilines is 1. The van der Waals surface area contributed by atoms with Crippen LogP contribution in [-0.2, 0) is 20.8 Å². The Morgan fingerprint density at radius 1 is 1.31 bits per heavy atom. The minimum absolute atomic E-state index is 0. The summed E-state index contributed by atoms with van der Waals surface area (Å²) in [5.41, 5.74) is 5.54. The number of hydrogen-bond acceptors (Lipinski definition) is 6. The highest BCUT2D eigenvalue weighted by Gasteiger charge is 2.28. The third-order valence-corrected chi connectivity index (χ3v) is 5.18. The van der Waals surface area contributed by atoms with E-state index in [1.54, 1.807) is 10.3 Å². The summed E-state index contributed by atoms with van der Waals surface area (Å²) in [4.78, 5) is 42.8. The zero-order valence-electron chi connectivity index (χ0n) is 17.0. The Kier molecular flexibility index (Phi) is 11.7. The lowest BCUT2D eigenvalue weighted by atomic mass is 9.96. The van der Waals surface area contributed by atoms with Crippen LogP contribution in [0.4, 0.5) is 5.13 Å². The zero-order valence-corrected chi connectivity index (χ0v) is 19.5. The van der Waals surface area contributed by atoms with Crippen LogP contribution in [0.15, 0.2) is 5.38 Å². The Labute approximate surface area is 188 Å². The first kappa shape index (κ1) is 27.6. The van der Waals surface area contributed by atoms with Gasteiger partial charge < -0.3 is 21.3 Å². The Morgan fingerprint density at radius 2 is 2.00 bits per heavy atom. The fourth-order valence-corrected chi connectivity index (χ4v) is 3.46. The minimum atomic E-state index is -0.505. The molecule has 2 heterocycles. The summed E-state index contributed by atoms with van der Waals surface area (Å²) in [7, 11) is 0. The molecule has 1 unspecified atom stereocenters. The molecule has 1 fully saturated rings. The smallest absolute Gasteiger partial charge is 0.231 e. The van der Waals surface area contributed by atoms with Gasteiger partial charge in [-0.05, 0) is 12.8 Å². The predicted octanol–water partition coefficient (Wildman–Crippen LogP) is 1.83. The number of piperidine rings is 1. The molecule has 3 amide bonds. The van der Waals surface area contributed by atoms with Gasteiger partial charge in [0.1, 0.15) is 0 Å². The van der Waals surface area contributed by atoms with Gasteiger partial charge in [-0.3, -0.25) is 14.4 Å². The van der Waals surface area contributed by atoms with E-state index in [0.29, 0.717) is 37.0 Å². The van der Waals surface area contributed by atoms with Crippen molar-refractivity contribution in [1.29, 1.82) is 0 Å². The molecule has 0 saturated carbocycles. The van der Waals surface area contributed by atoms with E-state index in [2.05, 4.69) is 15.6 Å². The van der Waals surface area contributed by atoms with Crippen LogP contribution in [0.1, 0.15) is 39.3 Å². The number of halogens is 2. The maximum absolute atomic E-state index is 12.6. The van der Waals surface area contributed by atoms with Crippen LogP contribution < -0.4 is 16.4 Å². The molecule has 0 radical (unpaired) electrons. The molecule has 1 aliphatic heterocycles. The number of carbonyl (C=O) groups excluding carboxylic acids is 3. The number of rotatable bonds is 6. The molecule has 2 rings (SSSR count). The number of amides is 3. The highest BCUT2D eigenvalue weighted by molar-refractivity contribution is 7.13. The van der Waals surface area contributed by atoms with Crippen molar-refractivity contribution < 1.29 is 14.4 Å². The first-order chi connectivity index (χ1) is 12.7. The number of carbonyl (C=O) groups is 3. The second kappa shape index (κ2) is 12.3. The van der Waals surface area contributed by atoms with Crippen molar-refractivity contribution in [3.05, 3.63) is 11.1 Å². The van der Waals surface area contributed by atoms with Gasteiger partial charge in [-0.25, -0.2) is 4.98 Å². The van der Waals surface area contributed by atoms with Gasteiger partial charge in [0.25, 0.3) is 0 Å². The maximum Gasteiger partial charge on any atom is 0.231 e. The van der Waals surface area contributed by atoms with Crippen molar-refractivity contribution in [1.82, 2.24) is 15.2 Å². The average Bonchev–Trinajstić information content (AvgIpc) is 3.05. The predicted molar refractivity (Wildman–Crippen MR) is 120 cm³/mol. The molecule has 166 valence electrons. The largest absolute Gasteiger partial charge is 0.355 e. The van der Waals surface area contributed by atoms with Crippen molar-refractivity contribution in [3.8, 4) is 0 Å². The van der Waals surface area contributed by atoms with E-state index in [1.165, 1.54) is 11.3 Å². The van der Waals surface area contributed by atoms with Crippen LogP contribution in [0.5, 0.6) is 0 Å². The van der Waals surface area contributed by atoms with E-state index in [9.17, 15) is 14.4 Å². The lowest BCUT2D eigenvalue weighted by molar-refractivity contribution is -0.135. The molecule has 1 aromatic heterocycles. The zero-order chi connectivity index (χ0) is 20.0. The number of thiazole rings is 1. The number of hydrogen-bond donors (Lipinski definition) is 3. The number of nitrogens with zero attached hydrogens (tertiary/aromatic N) is 2. The molecule has 8 nitrogen and oxygen atoms in total. The van der Waals surface area contributed by atoms with E-state index < -0.39 is 5.41 Å². The number of aromatic nitrogens is 1. The van der Waals surface area contributed by atoms with Crippen molar-refractivity contribution in [3.63, 3.8) is 0 Å². The number of nitrogens with one attached hydrogen (secondary N) is 2. The summed E-state index contributed by atoms with van der Waals surface area (Å²) >= 11 is 1.31. The van der Waals surface area contributed by atoms with Crippen molar-refractivity contribution in [2.24, 2.45) is 17.1 Å². The lowest BCUT2D eigenvalue weighted by Crippen LogP contribution is -2.46. The normalized spacial score (nSPS) is 16.3. The summed E-state index contributed by atoms with van der Waals surface area (Å²) in [6.07, 6.45) is 1.75. The van der Waals surface area contributed by atoms with Crippen LogP contribution in [0.2, 0.25) is 0 Å². The number of nitrogens with two attached hydrogens (primary N) is 1. The SMILES string of the molecule is CC(C)(C)C(=O)Nc1nc(CC(=O)N2CCCC(C(=O)NCCN)C2)cs1.Cl.Cl. The van der Waals surface area contributed by atoms with Crippen LogP contribution >= 0.6 is 36.2 Å². The maximum atomic E-state index is 12.6. The van der Waals surface area contributed by atoms with Gasteiger partial charge >= 0.3 is 0 Å². The molecule has 29 heavy (non-hydrogen) atoms. The standard InChI is InChI=1S/C18H29N5O3S.2ClH/c1-18(2,3)16(26)22-17-21-13(11-27-17)9-14(24)23-8-4-5-12(10-23)15(25)20-7-6-19;;/h11-12H,4-10,19H2,1-3H3,(H,20,25)(H,21,22,26);2*1H. The van der Waals surface area contributed by atoms with Crippen molar-refractivity contribution >= 4 is 59.0 Å². The average molecular weight is 468 g/mol. The summed E-state index contributed by atoms with van der Waals surface area (Å²) in [5, 5.41) is 7.85. The minimum Gasteiger partial charge on any atom is -0.355 e. The van der Waals surface area contributed by atoms with Crippen LogP contribution in [0.3, 0.4) is 0 Å². The second-order valence-electron chi connectivity index (χ2n) is 7.78. The van der Waals surface area contributed by atoms with E-state index in [-0.39, 0.29) is 54.9 Å². The number of likely N-dealkylation sites (tertiary alicyclic amines) is 1. The Bertz CT molecular complexity index is 693. The van der Waals surface area contributed by atoms with Crippen molar-refractivity contribution in [2.75, 3.05) is 31.5 Å². The Balaban J connectivity index is 0.00000392. The third kappa shape index (κ3) is 8.46. The molecular formula is C18H31Cl2N5O3S. The molecule has 1 aliphatic rings. The van der Waals surface area contributed by atoms with Gasteiger partial charge in [-0.2, -0.15) is 0 Å². The Morgan fingerprint density at radius 3 is 2.62 bits per heavy atom. The van der Waals surface area contributed by atoms with Gasteiger partial charge in [-0.1, -0.05) is 20.8 Å². The van der Waals surface area contributed by atoms with Gasteiger partial charge in [0.05, 0.1) is 18.0 Å². The first-order valence-corrected chi connectivity index (χ1v) is 10.1. The van der Waals surface area contributed by atoms with Gasteiger partial charge in [-0.15, -0.1) is 36.2 Å². The van der Waals surface area contributed by atoms with E-state index in [0.717, 1.165) is 12.8 Å². The van der Waals surface area contributed by atoms with E-state index >= 15 is 0 Å². The van der Waals surface area contributed by atoms with Gasteiger partial charge in [0.2, 0.25) is 17.7 Å². The van der Waals surface area contributed by atoms with Crippen molar-refractivity contribution in [2.45, 2.75) is 40.0 Å². The summed E-state index contributed by atoms with van der Waals surface area (Å²) in [6.45, 7) is 7.42.